The molecule has 116 valence electrons. The Balaban J connectivity index is 1.72. The fourth-order valence-electron chi connectivity index (χ4n) is 2.00. The van der Waals surface area contributed by atoms with Crippen LogP contribution in [0, 0.1) is 5.92 Å². The van der Waals surface area contributed by atoms with Gasteiger partial charge in [0, 0.05) is 19.6 Å². The van der Waals surface area contributed by atoms with Gasteiger partial charge in [0.1, 0.15) is 5.75 Å². The molecule has 0 aliphatic heterocycles. The maximum atomic E-state index is 11.8. The molecule has 0 spiro atoms. The molecule has 5 nitrogen and oxygen atoms in total. The zero-order valence-electron chi connectivity index (χ0n) is 13.1. The smallest absolute Gasteiger partial charge is 0.260 e. The van der Waals surface area contributed by atoms with Crippen molar-refractivity contribution in [3.63, 3.8) is 0 Å². The molecule has 5 heteroatoms. The molecule has 0 radical (unpaired) electrons. The maximum absolute atomic E-state index is 11.8. The highest BCUT2D eigenvalue weighted by Gasteiger charge is 2.29. The van der Waals surface area contributed by atoms with E-state index in [1.807, 2.05) is 19.2 Å². The van der Waals surface area contributed by atoms with Crippen LogP contribution in [-0.4, -0.2) is 42.0 Å². The van der Waals surface area contributed by atoms with Gasteiger partial charge in [-0.1, -0.05) is 13.8 Å². The summed E-state index contributed by atoms with van der Waals surface area (Å²) < 4.78 is 5.49. The van der Waals surface area contributed by atoms with Gasteiger partial charge in [0.2, 0.25) is 0 Å². The monoisotopic (exact) mass is 291 g/mol. The van der Waals surface area contributed by atoms with Crippen LogP contribution in [0.1, 0.15) is 32.4 Å². The molecular weight excluding hydrogens is 266 g/mol. The van der Waals surface area contributed by atoms with Crippen LogP contribution >= 0.6 is 0 Å². The number of ether oxygens (including phenoxy) is 1. The molecule has 1 N–H and O–H groups in total. The zero-order valence-corrected chi connectivity index (χ0v) is 13.1. The minimum Gasteiger partial charge on any atom is -0.482 e. The van der Waals surface area contributed by atoms with Crippen molar-refractivity contribution in [3.8, 4) is 5.75 Å². The molecule has 1 heterocycles. The maximum Gasteiger partial charge on any atom is 0.260 e. The number of nitrogens with zero attached hydrogens (tertiary/aromatic N) is 2. The van der Waals surface area contributed by atoms with Crippen molar-refractivity contribution in [1.82, 2.24) is 15.2 Å². The molecular formula is C16H25N3O2. The fourth-order valence-corrected chi connectivity index (χ4v) is 2.00. The third-order valence-electron chi connectivity index (χ3n) is 3.51. The zero-order chi connectivity index (χ0) is 15.2. The van der Waals surface area contributed by atoms with Crippen LogP contribution in [0.25, 0.3) is 0 Å². The summed E-state index contributed by atoms with van der Waals surface area (Å²) in [4.78, 5) is 17.9. The number of amides is 1. The van der Waals surface area contributed by atoms with Crippen LogP contribution in [0.5, 0.6) is 5.75 Å². The Labute approximate surface area is 126 Å². The van der Waals surface area contributed by atoms with Crippen molar-refractivity contribution in [2.24, 2.45) is 5.92 Å². The Morgan fingerprint density at radius 3 is 2.81 bits per heavy atom. The predicted octanol–water partition coefficient (Wildman–Crippen LogP) is 1.83. The summed E-state index contributed by atoms with van der Waals surface area (Å²) in [5, 5.41) is 3.34. The Bertz CT molecular complexity index is 455. The van der Waals surface area contributed by atoms with Gasteiger partial charge in [-0.05, 0) is 37.4 Å². The second-order valence-corrected chi connectivity index (χ2v) is 6.03. The number of rotatable bonds is 8. The molecule has 0 bridgehead atoms. The van der Waals surface area contributed by atoms with Crippen LogP contribution in [-0.2, 0) is 11.3 Å². The summed E-state index contributed by atoms with van der Waals surface area (Å²) in [6.45, 7) is 6.16. The molecule has 0 unspecified atom stereocenters. The van der Waals surface area contributed by atoms with Crippen molar-refractivity contribution in [2.45, 2.75) is 39.3 Å². The highest BCUT2D eigenvalue weighted by atomic mass is 16.5. The highest BCUT2D eigenvalue weighted by Crippen LogP contribution is 2.25. The Kier molecular flexibility index (Phi) is 5.56. The molecule has 21 heavy (non-hydrogen) atoms. The molecule has 0 saturated heterocycles. The molecule has 1 amide bonds. The van der Waals surface area contributed by atoms with Gasteiger partial charge in [-0.25, -0.2) is 0 Å². The highest BCUT2D eigenvalue weighted by molar-refractivity contribution is 5.78. The average molecular weight is 291 g/mol. The first-order valence-electron chi connectivity index (χ1n) is 7.60. The van der Waals surface area contributed by atoms with Gasteiger partial charge in [0.15, 0.2) is 6.61 Å². The van der Waals surface area contributed by atoms with E-state index in [1.54, 1.807) is 11.1 Å². The van der Waals surface area contributed by atoms with Gasteiger partial charge in [0.05, 0.1) is 11.9 Å². The van der Waals surface area contributed by atoms with Gasteiger partial charge in [-0.2, -0.15) is 0 Å². The molecule has 1 aromatic rings. The molecule has 1 aliphatic carbocycles. The first-order chi connectivity index (χ1) is 10.1. The van der Waals surface area contributed by atoms with E-state index < -0.39 is 0 Å². The predicted molar refractivity (Wildman–Crippen MR) is 82.1 cm³/mol. The van der Waals surface area contributed by atoms with E-state index >= 15 is 0 Å². The molecule has 0 aromatic carbocycles. The van der Waals surface area contributed by atoms with Crippen molar-refractivity contribution in [2.75, 3.05) is 20.2 Å². The van der Waals surface area contributed by atoms with Crippen LogP contribution < -0.4 is 10.1 Å². The van der Waals surface area contributed by atoms with E-state index in [1.165, 1.54) is 0 Å². The van der Waals surface area contributed by atoms with E-state index in [9.17, 15) is 4.79 Å². The normalized spacial score (nSPS) is 14.3. The molecule has 1 saturated carbocycles. The lowest BCUT2D eigenvalue weighted by molar-refractivity contribution is -0.132. The van der Waals surface area contributed by atoms with Crippen molar-refractivity contribution in [1.29, 1.82) is 0 Å². The topological polar surface area (TPSA) is 54.5 Å². The van der Waals surface area contributed by atoms with Crippen molar-refractivity contribution >= 4 is 5.91 Å². The number of carbonyl (C=O) groups excluding carboxylic acids is 1. The Morgan fingerprint density at radius 2 is 2.24 bits per heavy atom. The van der Waals surface area contributed by atoms with Gasteiger partial charge >= 0.3 is 0 Å². The first kappa shape index (κ1) is 15.8. The molecule has 1 aliphatic rings. The van der Waals surface area contributed by atoms with E-state index in [0.29, 0.717) is 17.7 Å². The fraction of sp³-hybridized carbons (Fsp3) is 0.625. The van der Waals surface area contributed by atoms with E-state index in [-0.39, 0.29) is 12.5 Å². The summed E-state index contributed by atoms with van der Waals surface area (Å²) in [7, 11) is 1.84. The van der Waals surface area contributed by atoms with E-state index in [0.717, 1.165) is 31.6 Å². The molecule has 2 rings (SSSR count). The van der Waals surface area contributed by atoms with Crippen molar-refractivity contribution < 1.29 is 9.53 Å². The standard InChI is InChI=1S/C16H25N3O2/c1-12(2)8-17-9-13-4-7-15(10-18-13)21-11-16(20)19(3)14-5-6-14/h4,7,10,12,14,17H,5-6,8-9,11H2,1-3H3. The second kappa shape index (κ2) is 7.41. The summed E-state index contributed by atoms with van der Waals surface area (Å²) >= 11 is 0. The molecule has 1 aromatic heterocycles. The number of nitrogens with one attached hydrogen (secondary N) is 1. The molecule has 1 fully saturated rings. The number of likely N-dealkylation sites (N-methyl/N-ethyl adjacent to an activating group) is 1. The lowest BCUT2D eigenvalue weighted by Crippen LogP contribution is -2.33. The van der Waals surface area contributed by atoms with Gasteiger partial charge in [0.25, 0.3) is 5.91 Å². The number of hydrogen-bond acceptors (Lipinski definition) is 4. The lowest BCUT2D eigenvalue weighted by atomic mass is 10.2. The van der Waals surface area contributed by atoms with Crippen LogP contribution in [0.4, 0.5) is 0 Å². The van der Waals surface area contributed by atoms with Gasteiger partial charge in [-0.15, -0.1) is 0 Å². The van der Waals surface area contributed by atoms with Crippen LogP contribution in [0.2, 0.25) is 0 Å². The quantitative estimate of drug-likeness (QED) is 0.794. The summed E-state index contributed by atoms with van der Waals surface area (Å²) in [5.41, 5.74) is 0.976. The van der Waals surface area contributed by atoms with Crippen LogP contribution in [0.15, 0.2) is 18.3 Å². The molecule has 0 atom stereocenters. The third-order valence-corrected chi connectivity index (χ3v) is 3.51. The number of hydrogen-bond donors (Lipinski definition) is 1. The number of carbonyl (C=O) groups is 1. The SMILES string of the molecule is CC(C)CNCc1ccc(OCC(=O)N(C)C2CC2)cn1. The van der Waals surface area contributed by atoms with Gasteiger partial charge < -0.3 is 15.0 Å². The van der Waals surface area contributed by atoms with E-state index in [2.05, 4.69) is 24.1 Å². The Morgan fingerprint density at radius 1 is 1.48 bits per heavy atom. The van der Waals surface area contributed by atoms with Crippen molar-refractivity contribution in [3.05, 3.63) is 24.0 Å². The third kappa shape index (κ3) is 5.34. The van der Waals surface area contributed by atoms with Gasteiger partial charge in [-0.3, -0.25) is 9.78 Å². The first-order valence-corrected chi connectivity index (χ1v) is 7.60. The largest absolute Gasteiger partial charge is 0.482 e. The second-order valence-electron chi connectivity index (χ2n) is 6.03. The summed E-state index contributed by atoms with van der Waals surface area (Å²) in [5.74, 6) is 1.29. The van der Waals surface area contributed by atoms with Crippen LogP contribution in [0.3, 0.4) is 0 Å². The number of aromatic nitrogens is 1. The minimum absolute atomic E-state index is 0.0279. The average Bonchev–Trinajstić information content (AvgIpc) is 3.29. The number of pyridine rings is 1. The summed E-state index contributed by atoms with van der Waals surface area (Å²) in [6.07, 6.45) is 3.90. The summed E-state index contributed by atoms with van der Waals surface area (Å²) in [6, 6.07) is 4.22. The Hall–Kier alpha value is -1.62. The minimum atomic E-state index is 0.0279. The lowest BCUT2D eigenvalue weighted by Gasteiger charge is -2.16. The van der Waals surface area contributed by atoms with E-state index in [4.69, 9.17) is 4.74 Å².